The Kier molecular flexibility index (Phi) is 2.73. The normalized spacial score (nSPS) is 17.5. The molecule has 5 heteroatoms. The summed E-state index contributed by atoms with van der Waals surface area (Å²) in [4.78, 5) is 11.4. The fourth-order valence-electron chi connectivity index (χ4n) is 2.03. The summed E-state index contributed by atoms with van der Waals surface area (Å²) in [6.45, 7) is 0. The zero-order chi connectivity index (χ0) is 12.7. The summed E-state index contributed by atoms with van der Waals surface area (Å²) in [5.74, 6) is -0.448. The summed E-state index contributed by atoms with van der Waals surface area (Å²) < 4.78 is 27.3. The topological polar surface area (TPSA) is 60.4 Å². The van der Waals surface area contributed by atoms with E-state index in [0.717, 1.165) is 0 Å². The van der Waals surface area contributed by atoms with E-state index in [1.54, 1.807) is 24.3 Å². The standard InChI is InChI=1S/C12H14O4S/c1-16-11(13)9-4-3-5-10(8-9)12(6-7-12)17(2,14)15/h3-5,8H,6-7H2,1-2H3. The number of esters is 1. The average molecular weight is 254 g/mol. The van der Waals surface area contributed by atoms with Gasteiger partial charge in [-0.15, -0.1) is 0 Å². The quantitative estimate of drug-likeness (QED) is 0.767. The van der Waals surface area contributed by atoms with Gasteiger partial charge in [-0.2, -0.15) is 0 Å². The summed E-state index contributed by atoms with van der Waals surface area (Å²) in [6, 6.07) is 6.67. The fourth-order valence-corrected chi connectivity index (χ4v) is 3.43. The smallest absolute Gasteiger partial charge is 0.337 e. The first kappa shape index (κ1) is 12.1. The second-order valence-corrected chi connectivity index (χ2v) is 6.66. The number of benzene rings is 1. The van der Waals surface area contributed by atoms with Crippen molar-refractivity contribution < 1.29 is 17.9 Å². The third-order valence-electron chi connectivity index (χ3n) is 3.22. The Morgan fingerprint density at radius 1 is 1.35 bits per heavy atom. The molecule has 1 fully saturated rings. The summed E-state index contributed by atoms with van der Waals surface area (Å²) >= 11 is 0. The molecular weight excluding hydrogens is 240 g/mol. The molecule has 0 unspecified atom stereocenters. The first-order chi connectivity index (χ1) is 7.90. The van der Waals surface area contributed by atoms with Crippen molar-refractivity contribution in [2.24, 2.45) is 0 Å². The molecule has 0 atom stereocenters. The Balaban J connectivity index is 2.45. The van der Waals surface area contributed by atoms with Crippen molar-refractivity contribution in [2.45, 2.75) is 17.6 Å². The van der Waals surface area contributed by atoms with Crippen LogP contribution in [-0.4, -0.2) is 27.8 Å². The van der Waals surface area contributed by atoms with E-state index in [1.165, 1.54) is 13.4 Å². The number of hydrogen-bond acceptors (Lipinski definition) is 4. The lowest BCUT2D eigenvalue weighted by Gasteiger charge is -2.14. The van der Waals surface area contributed by atoms with Crippen LogP contribution in [0.5, 0.6) is 0 Å². The van der Waals surface area contributed by atoms with Crippen LogP contribution in [-0.2, 0) is 19.3 Å². The highest BCUT2D eigenvalue weighted by molar-refractivity contribution is 7.92. The van der Waals surface area contributed by atoms with Crippen LogP contribution in [0.3, 0.4) is 0 Å². The molecule has 0 aromatic heterocycles. The summed E-state index contributed by atoms with van der Waals surface area (Å²) in [5.41, 5.74) is 1.07. The number of hydrogen-bond donors (Lipinski definition) is 0. The van der Waals surface area contributed by atoms with Crippen LogP contribution in [0.1, 0.15) is 28.8 Å². The molecule has 4 nitrogen and oxygen atoms in total. The van der Waals surface area contributed by atoms with Crippen LogP contribution in [0.2, 0.25) is 0 Å². The van der Waals surface area contributed by atoms with E-state index >= 15 is 0 Å². The van der Waals surface area contributed by atoms with E-state index in [1.807, 2.05) is 0 Å². The maximum atomic E-state index is 11.8. The van der Waals surface area contributed by atoms with Crippen molar-refractivity contribution >= 4 is 15.8 Å². The van der Waals surface area contributed by atoms with Crippen LogP contribution in [0, 0.1) is 0 Å². The van der Waals surface area contributed by atoms with Gasteiger partial charge in [-0.3, -0.25) is 0 Å². The number of carbonyl (C=O) groups is 1. The Morgan fingerprint density at radius 3 is 2.47 bits per heavy atom. The van der Waals surface area contributed by atoms with Gasteiger partial charge >= 0.3 is 5.97 Å². The predicted octanol–water partition coefficient (Wildman–Crippen LogP) is 1.51. The maximum absolute atomic E-state index is 11.8. The molecule has 0 saturated heterocycles. The first-order valence-electron chi connectivity index (χ1n) is 5.29. The molecular formula is C12H14O4S. The Hall–Kier alpha value is -1.36. The molecule has 0 amide bonds. The third kappa shape index (κ3) is 1.95. The first-order valence-corrected chi connectivity index (χ1v) is 7.18. The molecule has 0 N–H and O–H groups in total. The molecule has 0 heterocycles. The third-order valence-corrected chi connectivity index (χ3v) is 5.29. The Morgan fingerprint density at radius 2 is 2.00 bits per heavy atom. The van der Waals surface area contributed by atoms with Crippen molar-refractivity contribution in [2.75, 3.05) is 13.4 Å². The van der Waals surface area contributed by atoms with Gasteiger partial charge in [0.25, 0.3) is 0 Å². The van der Waals surface area contributed by atoms with Crippen molar-refractivity contribution in [3.8, 4) is 0 Å². The second kappa shape index (κ2) is 3.84. The highest BCUT2D eigenvalue weighted by Gasteiger charge is 2.53. The maximum Gasteiger partial charge on any atom is 0.337 e. The number of sulfone groups is 1. The average Bonchev–Trinajstić information content (AvgIpc) is 3.08. The van der Waals surface area contributed by atoms with Gasteiger partial charge in [-0.05, 0) is 30.5 Å². The predicted molar refractivity (Wildman–Crippen MR) is 63.5 cm³/mol. The lowest BCUT2D eigenvalue weighted by Crippen LogP contribution is -2.19. The van der Waals surface area contributed by atoms with Gasteiger partial charge < -0.3 is 4.74 Å². The lowest BCUT2D eigenvalue weighted by atomic mass is 10.1. The molecule has 17 heavy (non-hydrogen) atoms. The van der Waals surface area contributed by atoms with E-state index < -0.39 is 20.6 Å². The van der Waals surface area contributed by atoms with Crippen molar-refractivity contribution in [3.63, 3.8) is 0 Å². The van der Waals surface area contributed by atoms with Crippen molar-refractivity contribution in [3.05, 3.63) is 35.4 Å². The van der Waals surface area contributed by atoms with E-state index in [4.69, 9.17) is 0 Å². The van der Waals surface area contributed by atoms with E-state index in [-0.39, 0.29) is 0 Å². The van der Waals surface area contributed by atoms with Gasteiger partial charge in [0.1, 0.15) is 0 Å². The minimum Gasteiger partial charge on any atom is -0.465 e. The van der Waals surface area contributed by atoms with Crippen molar-refractivity contribution in [1.29, 1.82) is 0 Å². The van der Waals surface area contributed by atoms with Gasteiger partial charge in [0.2, 0.25) is 0 Å². The van der Waals surface area contributed by atoms with Crippen LogP contribution < -0.4 is 0 Å². The molecule has 0 radical (unpaired) electrons. The van der Waals surface area contributed by atoms with E-state index in [9.17, 15) is 13.2 Å². The lowest BCUT2D eigenvalue weighted by molar-refractivity contribution is 0.0600. The molecule has 92 valence electrons. The van der Waals surface area contributed by atoms with E-state index in [0.29, 0.717) is 24.0 Å². The van der Waals surface area contributed by atoms with Crippen LogP contribution >= 0.6 is 0 Å². The molecule has 1 aromatic carbocycles. The number of carbonyl (C=O) groups excluding carboxylic acids is 1. The number of methoxy groups -OCH3 is 1. The molecule has 1 aromatic rings. The fraction of sp³-hybridized carbons (Fsp3) is 0.417. The van der Waals surface area contributed by atoms with Gasteiger partial charge in [0.05, 0.1) is 17.4 Å². The minimum atomic E-state index is -3.15. The van der Waals surface area contributed by atoms with Gasteiger partial charge in [-0.25, -0.2) is 13.2 Å². The Labute approximate surface area is 101 Å². The molecule has 1 saturated carbocycles. The highest BCUT2D eigenvalue weighted by Crippen LogP contribution is 2.52. The SMILES string of the molecule is COC(=O)c1cccc(C2(S(C)(=O)=O)CC2)c1. The monoisotopic (exact) mass is 254 g/mol. The zero-order valence-corrected chi connectivity index (χ0v) is 10.6. The number of ether oxygens (including phenoxy) is 1. The largest absolute Gasteiger partial charge is 0.465 e. The zero-order valence-electron chi connectivity index (χ0n) is 9.76. The number of rotatable bonds is 3. The minimum absolute atomic E-state index is 0.389. The van der Waals surface area contributed by atoms with E-state index in [2.05, 4.69) is 4.74 Å². The summed E-state index contributed by atoms with van der Waals surface area (Å²) in [5, 5.41) is 0. The van der Waals surface area contributed by atoms with Crippen molar-refractivity contribution in [1.82, 2.24) is 0 Å². The van der Waals surface area contributed by atoms with Gasteiger partial charge in [-0.1, -0.05) is 12.1 Å². The molecule has 1 aliphatic carbocycles. The van der Waals surface area contributed by atoms with Crippen LogP contribution in [0.15, 0.2) is 24.3 Å². The summed E-state index contributed by atoms with van der Waals surface area (Å²) in [6.07, 6.45) is 2.48. The second-order valence-electron chi connectivity index (χ2n) is 4.34. The highest BCUT2D eigenvalue weighted by atomic mass is 32.2. The molecule has 0 spiro atoms. The molecule has 0 bridgehead atoms. The van der Waals surface area contributed by atoms with Crippen LogP contribution in [0.4, 0.5) is 0 Å². The molecule has 0 aliphatic heterocycles. The molecule has 1 aliphatic rings. The molecule has 2 rings (SSSR count). The van der Waals surface area contributed by atoms with Gasteiger partial charge in [0, 0.05) is 6.26 Å². The van der Waals surface area contributed by atoms with Gasteiger partial charge in [0.15, 0.2) is 9.84 Å². The van der Waals surface area contributed by atoms with Crippen LogP contribution in [0.25, 0.3) is 0 Å². The summed E-state index contributed by atoms with van der Waals surface area (Å²) in [7, 11) is -1.84. The Bertz CT molecular complexity index is 556.